The Bertz CT molecular complexity index is 973. The van der Waals surface area contributed by atoms with Gasteiger partial charge < -0.3 is 19.8 Å². The number of nitrogens with one attached hydrogen (secondary N) is 2. The van der Waals surface area contributed by atoms with E-state index < -0.39 is 25.1 Å². The molecule has 3 rings (SSSR count). The van der Waals surface area contributed by atoms with Crippen LogP contribution >= 0.6 is 11.6 Å². The van der Waals surface area contributed by atoms with Gasteiger partial charge in [0.05, 0.1) is 5.02 Å². The molecule has 0 aliphatic rings. The number of ether oxygens (including phenoxy) is 2. The fourth-order valence-corrected chi connectivity index (χ4v) is 2.66. The van der Waals surface area contributed by atoms with Crippen molar-refractivity contribution in [1.29, 1.82) is 0 Å². The second-order valence-electron chi connectivity index (χ2n) is 5.39. The minimum Gasteiger partial charge on any atom is -0.451 e. The van der Waals surface area contributed by atoms with Crippen molar-refractivity contribution in [3.05, 3.63) is 59.2 Å². The Morgan fingerprint density at radius 3 is 2.48 bits per heavy atom. The second kappa shape index (κ2) is 8.05. The van der Waals surface area contributed by atoms with Crippen molar-refractivity contribution in [3.63, 3.8) is 0 Å². The third kappa shape index (κ3) is 4.53. The number of H-pyrrole nitrogens is 1. The van der Waals surface area contributed by atoms with Gasteiger partial charge in [0.25, 0.3) is 5.91 Å². The predicted octanol–water partition coefficient (Wildman–Crippen LogP) is 4.22. The number of carbonyl (C=O) groups is 2. The van der Waals surface area contributed by atoms with Gasteiger partial charge in [-0.3, -0.25) is 4.79 Å². The van der Waals surface area contributed by atoms with Gasteiger partial charge >= 0.3 is 12.6 Å². The quantitative estimate of drug-likeness (QED) is 0.613. The summed E-state index contributed by atoms with van der Waals surface area (Å²) in [6.07, 6.45) is 0. The van der Waals surface area contributed by atoms with E-state index in [0.717, 1.165) is 0 Å². The largest absolute Gasteiger partial charge is 0.451 e. The lowest BCUT2D eigenvalue weighted by molar-refractivity contribution is -0.119. The number of aromatic nitrogens is 1. The summed E-state index contributed by atoms with van der Waals surface area (Å²) in [5.74, 6) is -1.41. The lowest BCUT2D eigenvalue weighted by atomic mass is 10.2. The fraction of sp³-hybridized carbons (Fsp3) is 0.111. The van der Waals surface area contributed by atoms with Crippen molar-refractivity contribution < 1.29 is 27.8 Å². The van der Waals surface area contributed by atoms with Crippen molar-refractivity contribution in [3.8, 4) is 5.75 Å². The number of alkyl halides is 2. The maximum atomic E-state index is 12.1. The molecule has 27 heavy (non-hydrogen) atoms. The average molecular weight is 395 g/mol. The van der Waals surface area contributed by atoms with Crippen molar-refractivity contribution in [1.82, 2.24) is 4.98 Å². The van der Waals surface area contributed by atoms with E-state index in [1.54, 1.807) is 24.3 Å². The number of halogens is 3. The van der Waals surface area contributed by atoms with Gasteiger partial charge in [-0.05, 0) is 30.3 Å². The number of fused-ring (bicyclic) bond motifs is 1. The predicted molar refractivity (Wildman–Crippen MR) is 95.3 cm³/mol. The number of anilines is 1. The summed E-state index contributed by atoms with van der Waals surface area (Å²) in [6.45, 7) is -3.47. The van der Waals surface area contributed by atoms with E-state index in [9.17, 15) is 18.4 Å². The van der Waals surface area contributed by atoms with Crippen LogP contribution in [0.3, 0.4) is 0 Å². The highest BCUT2D eigenvalue weighted by Gasteiger charge is 2.18. The van der Waals surface area contributed by atoms with Crippen LogP contribution in [0.25, 0.3) is 10.9 Å². The highest BCUT2D eigenvalue weighted by Crippen LogP contribution is 2.27. The number of rotatable bonds is 6. The molecule has 0 saturated heterocycles. The third-order valence-electron chi connectivity index (χ3n) is 3.54. The van der Waals surface area contributed by atoms with Gasteiger partial charge in [0.15, 0.2) is 6.61 Å². The molecule has 0 spiro atoms. The van der Waals surface area contributed by atoms with E-state index in [-0.39, 0.29) is 16.5 Å². The Morgan fingerprint density at radius 1 is 1.11 bits per heavy atom. The van der Waals surface area contributed by atoms with Crippen LogP contribution in [0.15, 0.2) is 48.5 Å². The van der Waals surface area contributed by atoms with Crippen molar-refractivity contribution in [2.75, 3.05) is 11.9 Å². The van der Waals surface area contributed by atoms with Crippen LogP contribution in [0.4, 0.5) is 14.5 Å². The zero-order chi connectivity index (χ0) is 19.4. The Balaban J connectivity index is 1.56. The van der Waals surface area contributed by atoms with Crippen LogP contribution in [0.2, 0.25) is 5.02 Å². The molecule has 9 heteroatoms. The molecule has 6 nitrogen and oxygen atoms in total. The molecule has 1 heterocycles. The molecular formula is C18H13ClF2N2O4. The number of carbonyl (C=O) groups excluding carboxylic acids is 2. The molecule has 0 fully saturated rings. The molecule has 140 valence electrons. The standard InChI is InChI=1S/C18H13ClF2N2O4/c19-15-12-3-1-2-4-13(12)23-16(15)17(25)26-9-14(24)22-10-5-7-11(8-6-10)27-18(20)21/h1-8,18,23H,9H2,(H,22,24). The molecule has 0 radical (unpaired) electrons. The number of hydrogen-bond acceptors (Lipinski definition) is 4. The summed E-state index contributed by atoms with van der Waals surface area (Å²) in [4.78, 5) is 26.9. The van der Waals surface area contributed by atoms with Gasteiger partial charge in [0.2, 0.25) is 0 Å². The summed E-state index contributed by atoms with van der Waals surface area (Å²) in [6, 6.07) is 12.4. The molecule has 0 aliphatic carbocycles. The van der Waals surface area contributed by atoms with Gasteiger partial charge in [-0.15, -0.1) is 0 Å². The lowest BCUT2D eigenvalue weighted by Gasteiger charge is -2.08. The fourth-order valence-electron chi connectivity index (χ4n) is 2.37. The smallest absolute Gasteiger partial charge is 0.387 e. The summed E-state index contributed by atoms with van der Waals surface area (Å²) in [5, 5.41) is 3.35. The number of amides is 1. The van der Waals surface area contributed by atoms with Gasteiger partial charge in [-0.1, -0.05) is 29.8 Å². The minimum atomic E-state index is -2.93. The molecule has 0 aliphatic heterocycles. The van der Waals surface area contributed by atoms with Crippen LogP contribution in [0, 0.1) is 0 Å². The van der Waals surface area contributed by atoms with Crippen LogP contribution in [-0.2, 0) is 9.53 Å². The topological polar surface area (TPSA) is 80.4 Å². The van der Waals surface area contributed by atoms with Gasteiger partial charge in [-0.25, -0.2) is 4.79 Å². The first kappa shape index (κ1) is 18.7. The van der Waals surface area contributed by atoms with E-state index in [4.69, 9.17) is 16.3 Å². The second-order valence-corrected chi connectivity index (χ2v) is 5.76. The van der Waals surface area contributed by atoms with E-state index in [1.165, 1.54) is 24.3 Å². The van der Waals surface area contributed by atoms with Crippen LogP contribution in [-0.4, -0.2) is 30.1 Å². The molecule has 1 aromatic heterocycles. The van der Waals surface area contributed by atoms with Crippen molar-refractivity contribution in [2.24, 2.45) is 0 Å². The normalized spacial score (nSPS) is 10.8. The molecule has 3 aromatic rings. The minimum absolute atomic E-state index is 0.0390. The SMILES string of the molecule is O=C(COC(=O)c1[nH]c2ccccc2c1Cl)Nc1ccc(OC(F)F)cc1. The molecule has 0 saturated carbocycles. The van der Waals surface area contributed by atoms with E-state index in [2.05, 4.69) is 15.0 Å². The Labute approximate surface area is 157 Å². The van der Waals surface area contributed by atoms with Crippen molar-refractivity contribution >= 4 is 40.1 Å². The maximum Gasteiger partial charge on any atom is 0.387 e. The summed E-state index contributed by atoms with van der Waals surface area (Å²) in [5.41, 5.74) is 1.06. The van der Waals surface area contributed by atoms with Crippen LogP contribution in [0.1, 0.15) is 10.5 Å². The Kier molecular flexibility index (Phi) is 5.56. The van der Waals surface area contributed by atoms with Gasteiger partial charge in [0.1, 0.15) is 11.4 Å². The molecule has 2 aromatic carbocycles. The summed E-state index contributed by atoms with van der Waals surface area (Å²) >= 11 is 6.15. The van der Waals surface area contributed by atoms with Crippen LogP contribution < -0.4 is 10.1 Å². The zero-order valence-electron chi connectivity index (χ0n) is 13.7. The zero-order valence-corrected chi connectivity index (χ0v) is 14.4. The number of esters is 1. The number of benzene rings is 2. The molecule has 1 amide bonds. The molecule has 0 atom stereocenters. The Morgan fingerprint density at radius 2 is 1.81 bits per heavy atom. The van der Waals surface area contributed by atoms with E-state index in [1.807, 2.05) is 0 Å². The first-order chi connectivity index (χ1) is 12.9. The summed E-state index contributed by atoms with van der Waals surface area (Å²) < 4.78 is 33.3. The monoisotopic (exact) mass is 394 g/mol. The number of aromatic amines is 1. The van der Waals surface area contributed by atoms with Crippen molar-refractivity contribution in [2.45, 2.75) is 6.61 Å². The molecular weight excluding hydrogens is 382 g/mol. The molecule has 0 unspecified atom stereocenters. The Hall–Kier alpha value is -3.13. The molecule has 0 bridgehead atoms. The maximum absolute atomic E-state index is 12.1. The highest BCUT2D eigenvalue weighted by atomic mass is 35.5. The lowest BCUT2D eigenvalue weighted by Crippen LogP contribution is -2.21. The molecule has 2 N–H and O–H groups in total. The van der Waals surface area contributed by atoms with E-state index in [0.29, 0.717) is 16.6 Å². The first-order valence-corrected chi connectivity index (χ1v) is 8.10. The number of hydrogen-bond donors (Lipinski definition) is 2. The number of para-hydroxylation sites is 1. The van der Waals surface area contributed by atoms with E-state index >= 15 is 0 Å². The highest BCUT2D eigenvalue weighted by molar-refractivity contribution is 6.38. The van der Waals surface area contributed by atoms with Gasteiger partial charge in [0, 0.05) is 16.6 Å². The first-order valence-electron chi connectivity index (χ1n) is 7.72. The third-order valence-corrected chi connectivity index (χ3v) is 3.94. The average Bonchev–Trinajstić information content (AvgIpc) is 2.98. The van der Waals surface area contributed by atoms with Gasteiger partial charge in [-0.2, -0.15) is 8.78 Å². The summed E-state index contributed by atoms with van der Waals surface area (Å²) in [7, 11) is 0. The van der Waals surface area contributed by atoms with Crippen LogP contribution in [0.5, 0.6) is 5.75 Å².